The molecule has 1 aliphatic heterocycles. The number of likely N-dealkylation sites (N-methyl/N-ethyl adjacent to an activating group) is 1. The van der Waals surface area contributed by atoms with Gasteiger partial charge in [-0.1, -0.05) is 0 Å². The summed E-state index contributed by atoms with van der Waals surface area (Å²) in [6.45, 7) is 1.47. The Labute approximate surface area is 113 Å². The van der Waals surface area contributed by atoms with E-state index in [0.717, 1.165) is 25.1 Å². The highest BCUT2D eigenvalue weighted by molar-refractivity contribution is 5.78. The first-order valence-electron chi connectivity index (χ1n) is 6.71. The minimum absolute atomic E-state index is 0.0615. The van der Waals surface area contributed by atoms with Crippen molar-refractivity contribution in [2.24, 2.45) is 0 Å². The summed E-state index contributed by atoms with van der Waals surface area (Å²) in [5, 5.41) is 0. The Morgan fingerprint density at radius 1 is 1.53 bits per heavy atom. The Kier molecular flexibility index (Phi) is 4.74. The second kappa shape index (κ2) is 6.52. The lowest BCUT2D eigenvalue weighted by Gasteiger charge is -2.27. The number of carbonyl (C=O) groups excluding carboxylic acids is 1. The summed E-state index contributed by atoms with van der Waals surface area (Å²) in [5.74, 6) is 0.0615. The summed E-state index contributed by atoms with van der Waals surface area (Å²) in [4.78, 5) is 17.9. The monoisotopic (exact) mass is 263 g/mol. The maximum absolute atomic E-state index is 12.1. The van der Waals surface area contributed by atoms with Gasteiger partial charge in [0.25, 0.3) is 0 Å². The van der Waals surface area contributed by atoms with Gasteiger partial charge in [0.15, 0.2) is 0 Å². The van der Waals surface area contributed by atoms with Gasteiger partial charge in [0.1, 0.15) is 0 Å². The first-order chi connectivity index (χ1) is 9.15. The number of pyridine rings is 1. The lowest BCUT2D eigenvalue weighted by Crippen LogP contribution is -2.37. The van der Waals surface area contributed by atoms with Crippen LogP contribution in [0.2, 0.25) is 0 Å². The van der Waals surface area contributed by atoms with E-state index in [1.807, 2.05) is 7.05 Å². The van der Waals surface area contributed by atoms with Gasteiger partial charge >= 0.3 is 0 Å². The van der Waals surface area contributed by atoms with Crippen LogP contribution in [0.5, 0.6) is 0 Å². The van der Waals surface area contributed by atoms with Crippen molar-refractivity contribution < 1.29 is 9.53 Å². The number of hydrogen-bond acceptors (Lipinski definition) is 4. The lowest BCUT2D eigenvalue weighted by atomic mass is 10.1. The van der Waals surface area contributed by atoms with E-state index in [4.69, 9.17) is 10.5 Å². The summed E-state index contributed by atoms with van der Waals surface area (Å²) in [6, 6.07) is 3.55. The molecule has 104 valence electrons. The van der Waals surface area contributed by atoms with Crippen molar-refractivity contribution in [3.63, 3.8) is 0 Å². The zero-order valence-electron chi connectivity index (χ0n) is 11.3. The fourth-order valence-electron chi connectivity index (χ4n) is 2.19. The number of carbonyl (C=O) groups is 1. The molecule has 1 aromatic heterocycles. The summed E-state index contributed by atoms with van der Waals surface area (Å²) >= 11 is 0. The molecule has 1 aliphatic rings. The fourth-order valence-corrected chi connectivity index (χ4v) is 2.19. The van der Waals surface area contributed by atoms with Crippen LogP contribution in [0.25, 0.3) is 0 Å². The average Bonchev–Trinajstić information content (AvgIpc) is 2.42. The van der Waals surface area contributed by atoms with Crippen molar-refractivity contribution in [3.05, 3.63) is 24.0 Å². The van der Waals surface area contributed by atoms with Crippen LogP contribution in [0.4, 0.5) is 5.69 Å². The molecular formula is C14H21N3O2. The van der Waals surface area contributed by atoms with Crippen molar-refractivity contribution in [1.29, 1.82) is 0 Å². The predicted molar refractivity (Wildman–Crippen MR) is 73.6 cm³/mol. The van der Waals surface area contributed by atoms with Crippen molar-refractivity contribution in [1.82, 2.24) is 9.88 Å². The number of amides is 1. The van der Waals surface area contributed by atoms with Gasteiger partial charge in [0.05, 0.1) is 24.4 Å². The van der Waals surface area contributed by atoms with Gasteiger partial charge < -0.3 is 15.4 Å². The molecule has 2 N–H and O–H groups in total. The molecule has 1 unspecified atom stereocenters. The number of rotatable bonds is 4. The van der Waals surface area contributed by atoms with Crippen LogP contribution < -0.4 is 5.73 Å². The standard InChI is InChI=1S/C14H21N3O2/c1-17(10-13-4-2-3-7-19-13)14(18)8-12-6-5-11(15)9-16-12/h5-6,9,13H,2-4,7-8,10,15H2,1H3. The molecular weight excluding hydrogens is 242 g/mol. The third-order valence-electron chi connectivity index (χ3n) is 3.36. The summed E-state index contributed by atoms with van der Waals surface area (Å²) in [6.07, 6.45) is 5.42. The molecule has 2 rings (SSSR count). The largest absolute Gasteiger partial charge is 0.397 e. The quantitative estimate of drug-likeness (QED) is 0.887. The second-order valence-corrected chi connectivity index (χ2v) is 5.02. The van der Waals surface area contributed by atoms with Crippen LogP contribution in [0.3, 0.4) is 0 Å². The number of ether oxygens (including phenoxy) is 1. The Morgan fingerprint density at radius 2 is 2.37 bits per heavy atom. The van der Waals surface area contributed by atoms with Crippen molar-refractivity contribution in [2.45, 2.75) is 31.8 Å². The number of anilines is 1. The third-order valence-corrected chi connectivity index (χ3v) is 3.36. The molecule has 5 nitrogen and oxygen atoms in total. The van der Waals surface area contributed by atoms with E-state index < -0.39 is 0 Å². The zero-order valence-corrected chi connectivity index (χ0v) is 11.3. The van der Waals surface area contributed by atoms with Crippen LogP contribution in [-0.2, 0) is 16.0 Å². The molecule has 1 fully saturated rings. The van der Waals surface area contributed by atoms with Gasteiger partial charge in [-0.15, -0.1) is 0 Å². The minimum Gasteiger partial charge on any atom is -0.397 e. The molecule has 19 heavy (non-hydrogen) atoms. The zero-order chi connectivity index (χ0) is 13.7. The SMILES string of the molecule is CN(CC1CCCCO1)C(=O)Cc1ccc(N)cn1. The Hall–Kier alpha value is -1.62. The van der Waals surface area contributed by atoms with E-state index in [0.29, 0.717) is 18.7 Å². The average molecular weight is 263 g/mol. The Balaban J connectivity index is 1.83. The highest BCUT2D eigenvalue weighted by Gasteiger charge is 2.19. The molecule has 0 saturated carbocycles. The molecule has 0 radical (unpaired) electrons. The van der Waals surface area contributed by atoms with Gasteiger partial charge in [-0.05, 0) is 31.4 Å². The van der Waals surface area contributed by atoms with Gasteiger partial charge in [0.2, 0.25) is 5.91 Å². The Bertz CT molecular complexity index is 413. The number of nitrogens with zero attached hydrogens (tertiary/aromatic N) is 2. The molecule has 0 aromatic carbocycles. The van der Waals surface area contributed by atoms with Gasteiger partial charge in [-0.2, -0.15) is 0 Å². The van der Waals surface area contributed by atoms with Crippen LogP contribution >= 0.6 is 0 Å². The van der Waals surface area contributed by atoms with Crippen molar-refractivity contribution in [3.8, 4) is 0 Å². The highest BCUT2D eigenvalue weighted by atomic mass is 16.5. The van der Waals surface area contributed by atoms with Crippen molar-refractivity contribution >= 4 is 11.6 Å². The smallest absolute Gasteiger partial charge is 0.228 e. The molecule has 0 aliphatic carbocycles. The number of nitrogens with two attached hydrogens (primary N) is 1. The Morgan fingerprint density at radius 3 is 3.00 bits per heavy atom. The van der Waals surface area contributed by atoms with Crippen LogP contribution in [-0.4, -0.2) is 42.1 Å². The molecule has 1 aromatic rings. The lowest BCUT2D eigenvalue weighted by molar-refractivity contribution is -0.131. The number of aromatic nitrogens is 1. The first kappa shape index (κ1) is 13.8. The maximum Gasteiger partial charge on any atom is 0.228 e. The van der Waals surface area contributed by atoms with E-state index in [2.05, 4.69) is 4.98 Å². The molecule has 0 spiro atoms. The van der Waals surface area contributed by atoms with E-state index in [-0.39, 0.29) is 12.0 Å². The molecule has 1 atom stereocenters. The summed E-state index contributed by atoms with van der Waals surface area (Å²) in [7, 11) is 1.82. The van der Waals surface area contributed by atoms with Gasteiger partial charge in [-0.25, -0.2) is 0 Å². The third kappa shape index (κ3) is 4.21. The molecule has 5 heteroatoms. The molecule has 1 amide bonds. The van der Waals surface area contributed by atoms with Crippen LogP contribution in [0.1, 0.15) is 25.0 Å². The molecule has 2 heterocycles. The topological polar surface area (TPSA) is 68.5 Å². The van der Waals surface area contributed by atoms with Gasteiger partial charge in [-0.3, -0.25) is 9.78 Å². The predicted octanol–water partition coefficient (Wildman–Crippen LogP) is 1.23. The van der Waals surface area contributed by atoms with Gasteiger partial charge in [0, 0.05) is 25.9 Å². The first-order valence-corrected chi connectivity index (χ1v) is 6.71. The van der Waals surface area contributed by atoms with E-state index in [9.17, 15) is 4.79 Å². The summed E-state index contributed by atoms with van der Waals surface area (Å²) in [5.41, 5.74) is 6.92. The second-order valence-electron chi connectivity index (χ2n) is 5.02. The van der Waals surface area contributed by atoms with E-state index in [1.54, 1.807) is 23.2 Å². The normalized spacial score (nSPS) is 19.1. The summed E-state index contributed by atoms with van der Waals surface area (Å²) < 4.78 is 5.64. The van der Waals surface area contributed by atoms with E-state index >= 15 is 0 Å². The molecule has 1 saturated heterocycles. The van der Waals surface area contributed by atoms with Crippen LogP contribution in [0, 0.1) is 0 Å². The highest BCUT2D eigenvalue weighted by Crippen LogP contribution is 2.13. The molecule has 0 bridgehead atoms. The van der Waals surface area contributed by atoms with E-state index in [1.165, 1.54) is 6.42 Å². The number of nitrogen functional groups attached to an aromatic ring is 1. The van der Waals surface area contributed by atoms with Crippen molar-refractivity contribution in [2.75, 3.05) is 25.9 Å². The maximum atomic E-state index is 12.1. The van der Waals surface area contributed by atoms with Crippen LogP contribution in [0.15, 0.2) is 18.3 Å². The fraction of sp³-hybridized carbons (Fsp3) is 0.571. The number of hydrogen-bond donors (Lipinski definition) is 1. The minimum atomic E-state index is 0.0615.